The molecule has 0 aliphatic carbocycles. The van der Waals surface area contributed by atoms with E-state index in [4.69, 9.17) is 16.9 Å². The fraction of sp³-hybridized carbons (Fsp3) is 0.412. The number of fused-ring (bicyclic) bond motifs is 1. The Bertz CT molecular complexity index is 873. The molecule has 1 aromatic heterocycles. The summed E-state index contributed by atoms with van der Waals surface area (Å²) in [7, 11) is 0. The summed E-state index contributed by atoms with van der Waals surface area (Å²) in [5, 5.41) is 12.6. The van der Waals surface area contributed by atoms with Gasteiger partial charge in [0.15, 0.2) is 5.16 Å². The zero-order chi connectivity index (χ0) is 18.4. The number of halogens is 1. The molecule has 2 rings (SSSR count). The Hall–Kier alpha value is -2.04. The van der Waals surface area contributed by atoms with Gasteiger partial charge < -0.3 is 5.32 Å². The molecule has 25 heavy (non-hydrogen) atoms. The second-order valence-corrected chi connectivity index (χ2v) is 7.29. The van der Waals surface area contributed by atoms with E-state index in [0.717, 1.165) is 0 Å². The lowest BCUT2D eigenvalue weighted by atomic mass is 10.2. The quantitative estimate of drug-likeness (QED) is 0.454. The van der Waals surface area contributed by atoms with E-state index in [9.17, 15) is 9.59 Å². The molecule has 1 heterocycles. The van der Waals surface area contributed by atoms with Crippen molar-refractivity contribution in [3.63, 3.8) is 0 Å². The number of rotatable bonds is 7. The number of benzene rings is 1. The van der Waals surface area contributed by atoms with Crippen LogP contribution >= 0.6 is 23.4 Å². The maximum Gasteiger partial charge on any atom is 0.262 e. The van der Waals surface area contributed by atoms with Crippen molar-refractivity contribution in [3.05, 3.63) is 33.6 Å². The summed E-state index contributed by atoms with van der Waals surface area (Å²) in [6.07, 6.45) is 0.267. The number of carbonyl (C=O) groups excluding carboxylic acids is 1. The summed E-state index contributed by atoms with van der Waals surface area (Å²) in [6, 6.07) is 6.98. The molecule has 132 valence electrons. The number of nitriles is 1. The number of aromatic nitrogens is 2. The van der Waals surface area contributed by atoms with Crippen LogP contribution in [0.1, 0.15) is 20.3 Å². The van der Waals surface area contributed by atoms with Gasteiger partial charge in [-0.25, -0.2) is 4.98 Å². The Labute approximate surface area is 155 Å². The van der Waals surface area contributed by atoms with Gasteiger partial charge in [-0.2, -0.15) is 5.26 Å². The van der Waals surface area contributed by atoms with Crippen LogP contribution in [0.25, 0.3) is 10.9 Å². The van der Waals surface area contributed by atoms with Crippen molar-refractivity contribution >= 4 is 40.2 Å². The zero-order valence-corrected chi connectivity index (χ0v) is 15.7. The molecular weight excluding hydrogens is 360 g/mol. The molecule has 1 aromatic carbocycles. The van der Waals surface area contributed by atoms with Crippen LogP contribution in [0.15, 0.2) is 28.2 Å². The molecule has 2 aromatic rings. The number of amides is 1. The third-order valence-electron chi connectivity index (χ3n) is 3.32. The van der Waals surface area contributed by atoms with Gasteiger partial charge in [-0.05, 0) is 24.1 Å². The molecule has 1 N–H and O–H groups in total. The lowest BCUT2D eigenvalue weighted by molar-refractivity contribution is -0.118. The summed E-state index contributed by atoms with van der Waals surface area (Å²) in [4.78, 5) is 29.2. The lowest BCUT2D eigenvalue weighted by Crippen LogP contribution is -2.28. The molecule has 8 heteroatoms. The highest BCUT2D eigenvalue weighted by atomic mass is 35.5. The van der Waals surface area contributed by atoms with Gasteiger partial charge in [-0.1, -0.05) is 37.2 Å². The second kappa shape index (κ2) is 8.88. The predicted octanol–water partition coefficient (Wildman–Crippen LogP) is 2.83. The van der Waals surface area contributed by atoms with Gasteiger partial charge in [-0.3, -0.25) is 14.2 Å². The van der Waals surface area contributed by atoms with E-state index in [1.54, 1.807) is 22.8 Å². The summed E-state index contributed by atoms with van der Waals surface area (Å²) in [5.41, 5.74) is 0.399. The first-order valence-electron chi connectivity index (χ1n) is 7.89. The van der Waals surface area contributed by atoms with Gasteiger partial charge in [0.2, 0.25) is 5.91 Å². The fourth-order valence-corrected chi connectivity index (χ4v) is 3.26. The van der Waals surface area contributed by atoms with Crippen molar-refractivity contribution in [3.8, 4) is 6.07 Å². The SMILES string of the molecule is CC(C)Cn1c(SCC(=O)NCCC#N)nc2ccc(Cl)cc2c1=O. The first kappa shape index (κ1) is 19.3. The van der Waals surface area contributed by atoms with Crippen molar-refractivity contribution in [2.45, 2.75) is 32.0 Å². The maximum absolute atomic E-state index is 12.8. The maximum atomic E-state index is 12.8. The molecule has 0 unspecified atom stereocenters. The van der Waals surface area contributed by atoms with E-state index >= 15 is 0 Å². The molecule has 1 amide bonds. The number of hydrogen-bond donors (Lipinski definition) is 1. The largest absolute Gasteiger partial charge is 0.354 e. The zero-order valence-electron chi connectivity index (χ0n) is 14.1. The third kappa shape index (κ3) is 5.21. The minimum absolute atomic E-state index is 0.134. The highest BCUT2D eigenvalue weighted by Gasteiger charge is 2.14. The summed E-state index contributed by atoms with van der Waals surface area (Å²) in [5.74, 6) is 0.191. The molecule has 6 nitrogen and oxygen atoms in total. The highest BCUT2D eigenvalue weighted by molar-refractivity contribution is 7.99. The highest BCUT2D eigenvalue weighted by Crippen LogP contribution is 2.21. The Kier molecular flexibility index (Phi) is 6.85. The molecule has 0 saturated heterocycles. The molecule has 0 spiro atoms. The summed E-state index contributed by atoms with van der Waals surface area (Å²) < 4.78 is 1.59. The Morgan fingerprint density at radius 3 is 2.92 bits per heavy atom. The monoisotopic (exact) mass is 378 g/mol. The molecular formula is C17H19ClN4O2S. The van der Waals surface area contributed by atoms with E-state index in [0.29, 0.717) is 34.2 Å². The minimum Gasteiger partial charge on any atom is -0.354 e. The number of nitrogens with zero attached hydrogens (tertiary/aromatic N) is 3. The Morgan fingerprint density at radius 1 is 1.48 bits per heavy atom. The van der Waals surface area contributed by atoms with Crippen LogP contribution < -0.4 is 10.9 Å². The van der Waals surface area contributed by atoms with E-state index < -0.39 is 0 Å². The van der Waals surface area contributed by atoms with Crippen molar-refractivity contribution in [1.82, 2.24) is 14.9 Å². The molecule has 0 saturated carbocycles. The number of carbonyl (C=O) groups is 1. The van der Waals surface area contributed by atoms with Crippen LogP contribution in [0, 0.1) is 17.2 Å². The lowest BCUT2D eigenvalue weighted by Gasteiger charge is -2.15. The molecule has 0 atom stereocenters. The molecule has 0 radical (unpaired) electrons. The van der Waals surface area contributed by atoms with Crippen LogP contribution in [0.4, 0.5) is 0 Å². The average Bonchev–Trinajstić information content (AvgIpc) is 2.56. The fourth-order valence-electron chi connectivity index (χ4n) is 2.25. The Balaban J connectivity index is 2.31. The molecule has 0 aliphatic heterocycles. The van der Waals surface area contributed by atoms with Gasteiger partial charge in [-0.15, -0.1) is 0 Å². The summed E-state index contributed by atoms with van der Waals surface area (Å²) in [6.45, 7) is 4.85. The number of hydrogen-bond acceptors (Lipinski definition) is 5. The predicted molar refractivity (Wildman–Crippen MR) is 99.8 cm³/mol. The van der Waals surface area contributed by atoms with Crippen LogP contribution in [-0.4, -0.2) is 27.8 Å². The van der Waals surface area contributed by atoms with E-state index in [2.05, 4.69) is 10.3 Å². The minimum atomic E-state index is -0.193. The van der Waals surface area contributed by atoms with Crippen LogP contribution in [0.3, 0.4) is 0 Å². The third-order valence-corrected chi connectivity index (χ3v) is 4.53. The van der Waals surface area contributed by atoms with Crippen molar-refractivity contribution in [1.29, 1.82) is 5.26 Å². The van der Waals surface area contributed by atoms with Gasteiger partial charge in [0, 0.05) is 18.1 Å². The first-order chi connectivity index (χ1) is 11.9. The molecule has 0 bridgehead atoms. The number of nitrogens with one attached hydrogen (secondary N) is 1. The van der Waals surface area contributed by atoms with Crippen LogP contribution in [-0.2, 0) is 11.3 Å². The second-order valence-electron chi connectivity index (χ2n) is 5.91. The first-order valence-corrected chi connectivity index (χ1v) is 9.25. The summed E-state index contributed by atoms with van der Waals surface area (Å²) >= 11 is 7.21. The Morgan fingerprint density at radius 2 is 2.24 bits per heavy atom. The van der Waals surface area contributed by atoms with Crippen LogP contribution in [0.5, 0.6) is 0 Å². The van der Waals surface area contributed by atoms with E-state index in [-0.39, 0.29) is 29.6 Å². The van der Waals surface area contributed by atoms with Gasteiger partial charge >= 0.3 is 0 Å². The molecule has 0 fully saturated rings. The van der Waals surface area contributed by atoms with E-state index in [1.807, 2.05) is 19.9 Å². The van der Waals surface area contributed by atoms with E-state index in [1.165, 1.54) is 11.8 Å². The normalized spacial score (nSPS) is 10.8. The average molecular weight is 379 g/mol. The smallest absolute Gasteiger partial charge is 0.262 e. The molecule has 0 aliphatic rings. The van der Waals surface area contributed by atoms with Crippen molar-refractivity contribution in [2.75, 3.05) is 12.3 Å². The van der Waals surface area contributed by atoms with Crippen molar-refractivity contribution < 1.29 is 4.79 Å². The standard InChI is InChI=1S/C17H19ClN4O2S/c1-11(2)9-22-16(24)13-8-12(18)4-5-14(13)21-17(22)25-10-15(23)20-7-3-6-19/h4-5,8,11H,3,7,9-10H2,1-2H3,(H,20,23). The van der Waals surface area contributed by atoms with Gasteiger partial charge in [0.25, 0.3) is 5.56 Å². The van der Waals surface area contributed by atoms with Gasteiger partial charge in [0.1, 0.15) is 0 Å². The topological polar surface area (TPSA) is 87.8 Å². The van der Waals surface area contributed by atoms with Crippen LogP contribution in [0.2, 0.25) is 5.02 Å². The number of thioether (sulfide) groups is 1. The van der Waals surface area contributed by atoms with Crippen molar-refractivity contribution in [2.24, 2.45) is 5.92 Å². The van der Waals surface area contributed by atoms with Gasteiger partial charge in [0.05, 0.1) is 29.1 Å².